The van der Waals surface area contributed by atoms with Crippen molar-refractivity contribution < 1.29 is 14.5 Å². The number of aryl methyl sites for hydroxylation is 1. The van der Waals surface area contributed by atoms with Crippen molar-refractivity contribution in [1.82, 2.24) is 5.32 Å². The standard InChI is InChI=1S/C16H16N2O4/c1-11-3-5-12(6-4-11)10-17-16(19)14-9-13(18(20)21)7-8-15(14)22-2/h3-9H,10H2,1-2H3,(H,17,19). The smallest absolute Gasteiger partial charge is 0.270 e. The molecule has 0 saturated carbocycles. The molecule has 6 heteroatoms. The van der Waals surface area contributed by atoms with Crippen LogP contribution < -0.4 is 10.1 Å². The zero-order chi connectivity index (χ0) is 16.1. The second kappa shape index (κ2) is 6.71. The predicted octanol–water partition coefficient (Wildman–Crippen LogP) is 2.84. The average molecular weight is 300 g/mol. The van der Waals surface area contributed by atoms with Gasteiger partial charge in [-0.25, -0.2) is 0 Å². The summed E-state index contributed by atoms with van der Waals surface area (Å²) in [5.41, 5.74) is 2.07. The molecule has 1 amide bonds. The molecule has 0 bridgehead atoms. The minimum absolute atomic E-state index is 0.142. The van der Waals surface area contributed by atoms with E-state index in [4.69, 9.17) is 4.74 Å². The van der Waals surface area contributed by atoms with Gasteiger partial charge >= 0.3 is 0 Å². The monoisotopic (exact) mass is 300 g/mol. The van der Waals surface area contributed by atoms with E-state index in [2.05, 4.69) is 5.32 Å². The van der Waals surface area contributed by atoms with Crippen molar-refractivity contribution in [3.63, 3.8) is 0 Å². The van der Waals surface area contributed by atoms with Gasteiger partial charge in [-0.3, -0.25) is 14.9 Å². The third-order valence-electron chi connectivity index (χ3n) is 3.21. The van der Waals surface area contributed by atoms with Crippen molar-refractivity contribution in [2.75, 3.05) is 7.11 Å². The highest BCUT2D eigenvalue weighted by atomic mass is 16.6. The summed E-state index contributed by atoms with van der Waals surface area (Å²) in [6, 6.07) is 11.7. The van der Waals surface area contributed by atoms with E-state index < -0.39 is 10.8 Å². The molecule has 2 rings (SSSR count). The molecule has 114 valence electrons. The molecule has 0 aliphatic heterocycles. The van der Waals surface area contributed by atoms with Gasteiger partial charge in [-0.2, -0.15) is 0 Å². The van der Waals surface area contributed by atoms with Crippen LogP contribution in [0.15, 0.2) is 42.5 Å². The number of nitro groups is 1. The fourth-order valence-electron chi connectivity index (χ4n) is 1.97. The zero-order valence-electron chi connectivity index (χ0n) is 12.3. The van der Waals surface area contributed by atoms with E-state index in [1.807, 2.05) is 31.2 Å². The lowest BCUT2D eigenvalue weighted by atomic mass is 10.1. The molecular weight excluding hydrogens is 284 g/mol. The van der Waals surface area contributed by atoms with Crippen molar-refractivity contribution in [2.24, 2.45) is 0 Å². The molecule has 0 spiro atoms. The lowest BCUT2D eigenvalue weighted by Crippen LogP contribution is -2.23. The molecule has 0 aliphatic rings. The minimum atomic E-state index is -0.545. The maximum atomic E-state index is 12.2. The number of nitro benzene ring substituents is 1. The number of ether oxygens (including phenoxy) is 1. The van der Waals surface area contributed by atoms with E-state index in [0.29, 0.717) is 12.3 Å². The maximum absolute atomic E-state index is 12.2. The SMILES string of the molecule is COc1ccc([N+](=O)[O-])cc1C(=O)NCc1ccc(C)cc1. The van der Waals surface area contributed by atoms with Crippen molar-refractivity contribution in [3.8, 4) is 5.75 Å². The molecule has 2 aromatic rings. The van der Waals surface area contributed by atoms with Crippen molar-refractivity contribution in [1.29, 1.82) is 0 Å². The Morgan fingerprint density at radius 2 is 1.91 bits per heavy atom. The molecule has 0 saturated heterocycles. The summed E-state index contributed by atoms with van der Waals surface area (Å²) in [6.45, 7) is 2.32. The Hall–Kier alpha value is -2.89. The summed E-state index contributed by atoms with van der Waals surface area (Å²) >= 11 is 0. The molecule has 0 aliphatic carbocycles. The summed E-state index contributed by atoms with van der Waals surface area (Å²) in [7, 11) is 1.41. The summed E-state index contributed by atoms with van der Waals surface area (Å²) in [6.07, 6.45) is 0. The first-order chi connectivity index (χ1) is 10.5. The molecule has 0 heterocycles. The van der Waals surface area contributed by atoms with Gasteiger partial charge in [-0.1, -0.05) is 29.8 Å². The Bertz CT molecular complexity index is 696. The normalized spacial score (nSPS) is 10.1. The van der Waals surface area contributed by atoms with Gasteiger partial charge in [0.05, 0.1) is 17.6 Å². The van der Waals surface area contributed by atoms with Gasteiger partial charge in [-0.15, -0.1) is 0 Å². The molecule has 22 heavy (non-hydrogen) atoms. The quantitative estimate of drug-likeness (QED) is 0.680. The van der Waals surface area contributed by atoms with Crippen LogP contribution in [0.5, 0.6) is 5.75 Å². The molecule has 0 atom stereocenters. The summed E-state index contributed by atoms with van der Waals surface area (Å²) < 4.78 is 5.09. The Kier molecular flexibility index (Phi) is 4.73. The van der Waals surface area contributed by atoms with E-state index in [9.17, 15) is 14.9 Å². The van der Waals surface area contributed by atoms with E-state index in [0.717, 1.165) is 11.1 Å². The van der Waals surface area contributed by atoms with Crippen LogP contribution in [0.3, 0.4) is 0 Å². The van der Waals surface area contributed by atoms with Crippen LogP contribution in [0.1, 0.15) is 21.5 Å². The molecule has 0 radical (unpaired) electrons. The number of carbonyl (C=O) groups is 1. The Morgan fingerprint density at radius 1 is 1.23 bits per heavy atom. The number of nitrogens with zero attached hydrogens (tertiary/aromatic N) is 1. The Labute approximate surface area is 127 Å². The first kappa shape index (κ1) is 15.5. The Morgan fingerprint density at radius 3 is 2.50 bits per heavy atom. The van der Waals surface area contributed by atoms with Crippen LogP contribution in [0.4, 0.5) is 5.69 Å². The zero-order valence-corrected chi connectivity index (χ0v) is 12.3. The molecule has 6 nitrogen and oxygen atoms in total. The van der Waals surface area contributed by atoms with Crippen molar-refractivity contribution >= 4 is 11.6 Å². The van der Waals surface area contributed by atoms with Crippen LogP contribution in [0, 0.1) is 17.0 Å². The van der Waals surface area contributed by atoms with E-state index in [-0.39, 0.29) is 11.3 Å². The van der Waals surface area contributed by atoms with E-state index in [1.165, 1.54) is 25.3 Å². The molecular formula is C16H16N2O4. The summed E-state index contributed by atoms with van der Waals surface area (Å²) in [5.74, 6) is -0.117. The van der Waals surface area contributed by atoms with Crippen molar-refractivity contribution in [2.45, 2.75) is 13.5 Å². The fourth-order valence-corrected chi connectivity index (χ4v) is 1.97. The molecule has 0 fully saturated rings. The molecule has 1 N–H and O–H groups in total. The largest absolute Gasteiger partial charge is 0.496 e. The van der Waals surface area contributed by atoms with Crippen LogP contribution in [0.2, 0.25) is 0 Å². The van der Waals surface area contributed by atoms with Gasteiger partial charge in [0, 0.05) is 18.7 Å². The predicted molar refractivity (Wildman–Crippen MR) is 82.0 cm³/mol. The number of rotatable bonds is 5. The van der Waals surface area contributed by atoms with Crippen LogP contribution in [0.25, 0.3) is 0 Å². The molecule has 0 unspecified atom stereocenters. The van der Waals surface area contributed by atoms with Gasteiger partial charge < -0.3 is 10.1 Å². The van der Waals surface area contributed by atoms with Gasteiger partial charge in [0.15, 0.2) is 0 Å². The second-order valence-corrected chi connectivity index (χ2v) is 4.81. The van der Waals surface area contributed by atoms with Gasteiger partial charge in [0.2, 0.25) is 0 Å². The third-order valence-corrected chi connectivity index (χ3v) is 3.21. The lowest BCUT2D eigenvalue weighted by molar-refractivity contribution is -0.384. The average Bonchev–Trinajstić information content (AvgIpc) is 2.53. The number of hydrogen-bond acceptors (Lipinski definition) is 4. The highest BCUT2D eigenvalue weighted by Gasteiger charge is 2.17. The summed E-state index contributed by atoms with van der Waals surface area (Å²) in [5, 5.41) is 13.6. The van der Waals surface area contributed by atoms with E-state index in [1.54, 1.807) is 0 Å². The number of nitrogens with one attached hydrogen (secondary N) is 1. The molecule has 0 aromatic heterocycles. The number of carbonyl (C=O) groups excluding carboxylic acids is 1. The number of amides is 1. The Balaban J connectivity index is 2.15. The third kappa shape index (κ3) is 3.60. The van der Waals surface area contributed by atoms with Gasteiger partial charge in [0.25, 0.3) is 11.6 Å². The lowest BCUT2D eigenvalue weighted by Gasteiger charge is -2.09. The first-order valence-electron chi connectivity index (χ1n) is 6.67. The topological polar surface area (TPSA) is 81.5 Å². The van der Waals surface area contributed by atoms with Crippen LogP contribution >= 0.6 is 0 Å². The van der Waals surface area contributed by atoms with E-state index >= 15 is 0 Å². The first-order valence-corrected chi connectivity index (χ1v) is 6.67. The highest BCUT2D eigenvalue weighted by molar-refractivity contribution is 5.97. The number of benzene rings is 2. The number of non-ortho nitro benzene ring substituents is 1. The number of hydrogen-bond donors (Lipinski definition) is 1. The maximum Gasteiger partial charge on any atom is 0.270 e. The summed E-state index contributed by atoms with van der Waals surface area (Å²) in [4.78, 5) is 22.5. The minimum Gasteiger partial charge on any atom is -0.496 e. The van der Waals surface area contributed by atoms with Gasteiger partial charge in [-0.05, 0) is 18.6 Å². The van der Waals surface area contributed by atoms with Crippen LogP contribution in [-0.2, 0) is 6.54 Å². The van der Waals surface area contributed by atoms with Crippen LogP contribution in [-0.4, -0.2) is 17.9 Å². The molecule has 2 aromatic carbocycles. The highest BCUT2D eigenvalue weighted by Crippen LogP contribution is 2.23. The number of methoxy groups -OCH3 is 1. The second-order valence-electron chi connectivity index (χ2n) is 4.81. The van der Waals surface area contributed by atoms with Crippen molar-refractivity contribution in [3.05, 3.63) is 69.3 Å². The van der Waals surface area contributed by atoms with Gasteiger partial charge in [0.1, 0.15) is 5.75 Å². The fraction of sp³-hybridized carbons (Fsp3) is 0.188.